The lowest BCUT2D eigenvalue weighted by Gasteiger charge is -2.08. The van der Waals surface area contributed by atoms with Crippen LogP contribution in [0.4, 0.5) is 26.3 Å². The van der Waals surface area contributed by atoms with Crippen molar-refractivity contribution in [2.24, 2.45) is 0 Å². The minimum Gasteiger partial charge on any atom is -0.224 e. The second kappa shape index (κ2) is 4.93. The Balaban J connectivity index is 2.61. The number of benzene rings is 1. The summed E-state index contributed by atoms with van der Waals surface area (Å²) in [6.45, 7) is 0. The van der Waals surface area contributed by atoms with Crippen LogP contribution in [0.3, 0.4) is 0 Å². The molecule has 0 amide bonds. The molecule has 0 unspecified atom stereocenters. The quantitative estimate of drug-likeness (QED) is 0.447. The number of halogens is 7. The Kier molecular flexibility index (Phi) is 3.59. The first-order valence-electron chi connectivity index (χ1n) is 4.95. The molecule has 2 aromatic rings. The molecule has 0 aliphatic carbocycles. The number of hydrogen-bond acceptors (Lipinski definition) is 2. The second-order valence-electron chi connectivity index (χ2n) is 3.65. The van der Waals surface area contributed by atoms with Gasteiger partial charge in [-0.15, -0.1) is 0 Å². The maximum absolute atomic E-state index is 13.0. The van der Waals surface area contributed by atoms with Gasteiger partial charge < -0.3 is 0 Å². The fourth-order valence-electron chi connectivity index (χ4n) is 1.40. The summed E-state index contributed by atoms with van der Waals surface area (Å²) in [6, 6.07) is 1.90. The highest BCUT2D eigenvalue weighted by molar-refractivity contribution is 6.29. The molecule has 1 aromatic heterocycles. The zero-order chi connectivity index (χ0) is 15.1. The van der Waals surface area contributed by atoms with Crippen LogP contribution in [0.1, 0.15) is 5.82 Å². The van der Waals surface area contributed by atoms with Crippen molar-refractivity contribution < 1.29 is 26.3 Å². The second-order valence-corrected chi connectivity index (χ2v) is 4.04. The average molecular weight is 313 g/mol. The summed E-state index contributed by atoms with van der Waals surface area (Å²) in [7, 11) is 0. The van der Waals surface area contributed by atoms with Gasteiger partial charge in [-0.25, -0.2) is 23.1 Å². The van der Waals surface area contributed by atoms with Crippen molar-refractivity contribution in [2.75, 3.05) is 0 Å². The van der Waals surface area contributed by atoms with Crippen molar-refractivity contribution in [1.29, 1.82) is 0 Å². The molecule has 1 heterocycles. The third-order valence-corrected chi connectivity index (χ3v) is 2.42. The van der Waals surface area contributed by atoms with Crippen LogP contribution in [-0.4, -0.2) is 9.97 Å². The highest BCUT2D eigenvalue weighted by Gasteiger charge is 2.35. The monoisotopic (exact) mass is 312 g/mol. The van der Waals surface area contributed by atoms with Crippen LogP contribution < -0.4 is 0 Å². The minimum absolute atomic E-state index is 0.392. The third-order valence-electron chi connectivity index (χ3n) is 2.23. The summed E-state index contributed by atoms with van der Waals surface area (Å²) >= 11 is 5.40. The molecule has 0 saturated heterocycles. The maximum Gasteiger partial charge on any atom is 0.451 e. The number of alkyl halides is 3. The summed E-state index contributed by atoms with van der Waals surface area (Å²) in [6.07, 6.45) is -4.88. The molecule has 0 radical (unpaired) electrons. The minimum atomic E-state index is -4.88. The van der Waals surface area contributed by atoms with Gasteiger partial charge in [0.1, 0.15) is 5.15 Å². The molecule has 0 aliphatic heterocycles. The Morgan fingerprint density at radius 2 is 1.45 bits per heavy atom. The lowest BCUT2D eigenvalue weighted by molar-refractivity contribution is -0.144. The molecular formula is C11H3ClF6N2. The van der Waals surface area contributed by atoms with Crippen molar-refractivity contribution in [3.05, 3.63) is 46.6 Å². The Morgan fingerprint density at radius 3 is 1.95 bits per heavy atom. The fourth-order valence-corrected chi connectivity index (χ4v) is 1.58. The molecule has 0 saturated carbocycles. The van der Waals surface area contributed by atoms with Gasteiger partial charge >= 0.3 is 6.18 Å². The van der Waals surface area contributed by atoms with Gasteiger partial charge in [0, 0.05) is 11.6 Å². The molecule has 20 heavy (non-hydrogen) atoms. The van der Waals surface area contributed by atoms with Crippen molar-refractivity contribution in [1.82, 2.24) is 9.97 Å². The Hall–Kier alpha value is -1.83. The third kappa shape index (κ3) is 2.84. The molecule has 1 aromatic carbocycles. The molecular weight excluding hydrogens is 310 g/mol. The van der Waals surface area contributed by atoms with E-state index in [2.05, 4.69) is 9.97 Å². The van der Waals surface area contributed by atoms with Crippen molar-refractivity contribution in [2.45, 2.75) is 6.18 Å². The molecule has 0 spiro atoms. The molecule has 0 fully saturated rings. The van der Waals surface area contributed by atoms with E-state index >= 15 is 0 Å². The number of aromatic nitrogens is 2. The van der Waals surface area contributed by atoms with E-state index in [4.69, 9.17) is 11.6 Å². The Morgan fingerprint density at radius 1 is 0.900 bits per heavy atom. The van der Waals surface area contributed by atoms with Gasteiger partial charge in [0.2, 0.25) is 5.82 Å². The fraction of sp³-hybridized carbons (Fsp3) is 0.0909. The van der Waals surface area contributed by atoms with Crippen LogP contribution in [-0.2, 0) is 6.18 Å². The van der Waals surface area contributed by atoms with Gasteiger partial charge in [-0.2, -0.15) is 13.2 Å². The molecule has 0 atom stereocenters. The highest BCUT2D eigenvalue weighted by Crippen LogP contribution is 2.30. The topological polar surface area (TPSA) is 25.8 Å². The largest absolute Gasteiger partial charge is 0.451 e. The van der Waals surface area contributed by atoms with Gasteiger partial charge in [-0.1, -0.05) is 11.6 Å². The smallest absolute Gasteiger partial charge is 0.224 e. The molecule has 0 bridgehead atoms. The van der Waals surface area contributed by atoms with Crippen LogP contribution in [0.15, 0.2) is 18.2 Å². The molecule has 9 heteroatoms. The number of rotatable bonds is 1. The van der Waals surface area contributed by atoms with E-state index in [1.165, 1.54) is 0 Å². The molecule has 2 nitrogen and oxygen atoms in total. The summed E-state index contributed by atoms with van der Waals surface area (Å²) < 4.78 is 76.4. The zero-order valence-electron chi connectivity index (χ0n) is 9.27. The zero-order valence-corrected chi connectivity index (χ0v) is 10.0. The molecule has 2 rings (SSSR count). The first kappa shape index (κ1) is 14.6. The summed E-state index contributed by atoms with van der Waals surface area (Å²) in [4.78, 5) is 6.07. The van der Waals surface area contributed by atoms with Crippen LogP contribution in [0.2, 0.25) is 5.15 Å². The first-order chi connectivity index (χ1) is 9.18. The lowest BCUT2D eigenvalue weighted by Crippen LogP contribution is -2.11. The highest BCUT2D eigenvalue weighted by atomic mass is 35.5. The maximum atomic E-state index is 13.0. The van der Waals surface area contributed by atoms with Crippen LogP contribution in [0, 0.1) is 17.5 Å². The van der Waals surface area contributed by atoms with Crippen LogP contribution in [0.25, 0.3) is 11.3 Å². The predicted molar refractivity (Wildman–Crippen MR) is 57.4 cm³/mol. The van der Waals surface area contributed by atoms with E-state index in [9.17, 15) is 26.3 Å². The average Bonchev–Trinajstić information content (AvgIpc) is 2.33. The van der Waals surface area contributed by atoms with Gasteiger partial charge in [0.25, 0.3) is 0 Å². The Labute approximate surface area is 113 Å². The first-order valence-corrected chi connectivity index (χ1v) is 5.33. The summed E-state index contributed by atoms with van der Waals surface area (Å²) in [5, 5.41) is -0.563. The van der Waals surface area contributed by atoms with Crippen LogP contribution >= 0.6 is 11.6 Å². The van der Waals surface area contributed by atoms with Crippen molar-refractivity contribution >= 4 is 11.6 Å². The van der Waals surface area contributed by atoms with Gasteiger partial charge in [-0.05, 0) is 12.1 Å². The van der Waals surface area contributed by atoms with E-state index in [0.29, 0.717) is 12.1 Å². The van der Waals surface area contributed by atoms with Gasteiger partial charge in [0.15, 0.2) is 17.5 Å². The predicted octanol–water partition coefficient (Wildman–Crippen LogP) is 4.23. The molecule has 0 aliphatic rings. The van der Waals surface area contributed by atoms with Crippen molar-refractivity contribution in [3.8, 4) is 11.3 Å². The molecule has 0 N–H and O–H groups in total. The van der Waals surface area contributed by atoms with E-state index in [0.717, 1.165) is 6.07 Å². The SMILES string of the molecule is Fc1cc(-c2cc(Cl)nc(C(F)(F)F)n2)cc(F)c1F. The molecule has 106 valence electrons. The number of nitrogens with zero attached hydrogens (tertiary/aromatic N) is 2. The summed E-state index contributed by atoms with van der Waals surface area (Å²) in [5.41, 5.74) is -0.869. The van der Waals surface area contributed by atoms with E-state index in [1.54, 1.807) is 0 Å². The van der Waals surface area contributed by atoms with E-state index < -0.39 is 45.9 Å². The van der Waals surface area contributed by atoms with Gasteiger partial charge in [-0.3, -0.25) is 0 Å². The van der Waals surface area contributed by atoms with Gasteiger partial charge in [0.05, 0.1) is 5.69 Å². The van der Waals surface area contributed by atoms with E-state index in [-0.39, 0.29) is 0 Å². The number of hydrogen-bond donors (Lipinski definition) is 0. The van der Waals surface area contributed by atoms with E-state index in [1.807, 2.05) is 0 Å². The standard InChI is InChI=1S/C11H3ClF6N2/c12-8-3-7(19-10(20-8)11(16,17)18)4-1-5(13)9(15)6(14)2-4/h1-3H. The van der Waals surface area contributed by atoms with Crippen molar-refractivity contribution in [3.63, 3.8) is 0 Å². The summed E-state index contributed by atoms with van der Waals surface area (Å²) in [5.74, 6) is -6.40. The van der Waals surface area contributed by atoms with Crippen LogP contribution in [0.5, 0.6) is 0 Å². The lowest BCUT2D eigenvalue weighted by atomic mass is 10.1. The Bertz CT molecular complexity index is 647. The normalized spacial score (nSPS) is 11.8.